The van der Waals surface area contributed by atoms with Crippen LogP contribution in [0.2, 0.25) is 5.02 Å². The molecule has 0 fully saturated rings. The number of hydrogen-bond donors (Lipinski definition) is 1. The lowest BCUT2D eigenvalue weighted by Gasteiger charge is -2.18. The molecule has 0 aliphatic rings. The molecule has 0 bridgehead atoms. The molecule has 0 radical (unpaired) electrons. The largest absolute Gasteiger partial charge is 0.495 e. The zero-order valence-corrected chi connectivity index (χ0v) is 14.3. The van der Waals surface area contributed by atoms with Crippen molar-refractivity contribution in [3.05, 3.63) is 56.5 Å². The molecule has 0 aliphatic heterocycles. The second-order valence-corrected chi connectivity index (χ2v) is 5.85. The van der Waals surface area contributed by atoms with Crippen LogP contribution in [0.4, 0.5) is 0 Å². The molecule has 2 aromatic rings. The Labute approximate surface area is 137 Å². The first-order valence-electron chi connectivity index (χ1n) is 6.34. The Morgan fingerprint density at radius 1 is 1.14 bits per heavy atom. The molecule has 3 nitrogen and oxygen atoms in total. The van der Waals surface area contributed by atoms with Crippen molar-refractivity contribution in [2.75, 3.05) is 14.2 Å². The summed E-state index contributed by atoms with van der Waals surface area (Å²) in [6, 6.07) is 9.18. The fourth-order valence-electron chi connectivity index (χ4n) is 2.09. The molecule has 21 heavy (non-hydrogen) atoms. The van der Waals surface area contributed by atoms with Gasteiger partial charge in [0.25, 0.3) is 0 Å². The third kappa shape index (κ3) is 3.18. The Morgan fingerprint density at radius 2 is 1.86 bits per heavy atom. The van der Waals surface area contributed by atoms with Gasteiger partial charge in [0.1, 0.15) is 22.6 Å². The van der Waals surface area contributed by atoms with Crippen LogP contribution in [0.15, 0.2) is 34.8 Å². The topological polar surface area (TPSA) is 38.7 Å². The van der Waals surface area contributed by atoms with E-state index in [4.69, 9.17) is 21.1 Å². The van der Waals surface area contributed by atoms with Crippen molar-refractivity contribution in [1.82, 2.24) is 0 Å². The van der Waals surface area contributed by atoms with E-state index >= 15 is 0 Å². The minimum atomic E-state index is -0.833. The number of benzene rings is 2. The molecule has 0 spiro atoms. The van der Waals surface area contributed by atoms with Gasteiger partial charge in [-0.05, 0) is 36.2 Å². The molecular weight excluding hydrogens is 356 g/mol. The Hall–Kier alpha value is -1.23. The zero-order chi connectivity index (χ0) is 15.6. The minimum absolute atomic E-state index is 0.350. The number of methoxy groups -OCH3 is 2. The standard InChI is InChI=1S/C16H16BrClO3/c1-9-4-5-10(8-12(9)17)15(19)11-6-7-13(20-2)14(18)16(11)21-3/h4-8,15,19H,1-3H3. The first kappa shape index (κ1) is 16.1. The number of ether oxygens (including phenoxy) is 2. The third-order valence-electron chi connectivity index (χ3n) is 3.32. The SMILES string of the molecule is COc1ccc(C(O)c2ccc(C)c(Br)c2)c(OC)c1Cl. The van der Waals surface area contributed by atoms with Crippen molar-refractivity contribution in [1.29, 1.82) is 0 Å². The number of halogens is 2. The molecule has 0 aromatic heterocycles. The van der Waals surface area contributed by atoms with Gasteiger partial charge in [-0.1, -0.05) is 39.7 Å². The van der Waals surface area contributed by atoms with E-state index in [9.17, 15) is 5.11 Å². The smallest absolute Gasteiger partial charge is 0.147 e. The number of aryl methyl sites for hydroxylation is 1. The summed E-state index contributed by atoms with van der Waals surface area (Å²) in [7, 11) is 3.05. The number of hydrogen-bond acceptors (Lipinski definition) is 3. The van der Waals surface area contributed by atoms with Gasteiger partial charge >= 0.3 is 0 Å². The average Bonchev–Trinajstić information content (AvgIpc) is 2.49. The van der Waals surface area contributed by atoms with Gasteiger partial charge in [0, 0.05) is 10.0 Å². The van der Waals surface area contributed by atoms with Crippen molar-refractivity contribution in [3.63, 3.8) is 0 Å². The van der Waals surface area contributed by atoms with Crippen LogP contribution in [0.3, 0.4) is 0 Å². The zero-order valence-electron chi connectivity index (χ0n) is 12.0. The second-order valence-electron chi connectivity index (χ2n) is 4.62. The normalized spacial score (nSPS) is 12.1. The van der Waals surface area contributed by atoms with Gasteiger partial charge in [0.15, 0.2) is 0 Å². The summed E-state index contributed by atoms with van der Waals surface area (Å²) in [4.78, 5) is 0. The second kappa shape index (κ2) is 6.69. The highest BCUT2D eigenvalue weighted by atomic mass is 79.9. The first-order valence-corrected chi connectivity index (χ1v) is 7.51. The van der Waals surface area contributed by atoms with Gasteiger partial charge in [-0.25, -0.2) is 0 Å². The number of aliphatic hydroxyl groups excluding tert-OH is 1. The summed E-state index contributed by atoms with van der Waals surface area (Å²) < 4.78 is 11.4. The summed E-state index contributed by atoms with van der Waals surface area (Å²) in [6.07, 6.45) is -0.833. The lowest BCUT2D eigenvalue weighted by Crippen LogP contribution is -2.04. The summed E-state index contributed by atoms with van der Waals surface area (Å²) in [5.74, 6) is 0.926. The molecule has 2 rings (SSSR count). The number of rotatable bonds is 4. The summed E-state index contributed by atoms with van der Waals surface area (Å²) >= 11 is 9.70. The Bertz CT molecular complexity index is 658. The maximum absolute atomic E-state index is 10.6. The van der Waals surface area contributed by atoms with E-state index in [2.05, 4.69) is 15.9 Å². The van der Waals surface area contributed by atoms with Crippen LogP contribution in [0, 0.1) is 6.92 Å². The minimum Gasteiger partial charge on any atom is -0.495 e. The molecule has 1 unspecified atom stereocenters. The maximum atomic E-state index is 10.6. The lowest BCUT2D eigenvalue weighted by atomic mass is 9.99. The molecule has 0 heterocycles. The molecule has 0 aliphatic carbocycles. The molecule has 112 valence electrons. The average molecular weight is 372 g/mol. The Morgan fingerprint density at radius 3 is 2.43 bits per heavy atom. The molecule has 0 saturated carbocycles. The van der Waals surface area contributed by atoms with Gasteiger partial charge in [0.05, 0.1) is 14.2 Å². The van der Waals surface area contributed by atoms with Crippen LogP contribution < -0.4 is 9.47 Å². The van der Waals surface area contributed by atoms with E-state index in [1.165, 1.54) is 14.2 Å². The van der Waals surface area contributed by atoms with Crippen molar-refractivity contribution < 1.29 is 14.6 Å². The van der Waals surface area contributed by atoms with E-state index < -0.39 is 6.10 Å². The molecule has 1 atom stereocenters. The van der Waals surface area contributed by atoms with Gasteiger partial charge in [-0.2, -0.15) is 0 Å². The van der Waals surface area contributed by atoms with E-state index in [0.29, 0.717) is 22.1 Å². The van der Waals surface area contributed by atoms with Crippen molar-refractivity contribution in [3.8, 4) is 11.5 Å². The molecule has 5 heteroatoms. The highest BCUT2D eigenvalue weighted by Gasteiger charge is 2.20. The van der Waals surface area contributed by atoms with E-state index in [1.807, 2.05) is 25.1 Å². The highest BCUT2D eigenvalue weighted by Crippen LogP contribution is 2.41. The van der Waals surface area contributed by atoms with Crippen molar-refractivity contribution in [2.24, 2.45) is 0 Å². The number of aliphatic hydroxyl groups is 1. The quantitative estimate of drug-likeness (QED) is 0.859. The predicted molar refractivity (Wildman–Crippen MR) is 87.5 cm³/mol. The Kier molecular flexibility index (Phi) is 5.14. The van der Waals surface area contributed by atoms with E-state index in [-0.39, 0.29) is 0 Å². The molecule has 0 saturated heterocycles. The third-order valence-corrected chi connectivity index (χ3v) is 4.53. The molecule has 0 amide bonds. The molecule has 1 N–H and O–H groups in total. The van der Waals surface area contributed by atoms with Crippen molar-refractivity contribution >= 4 is 27.5 Å². The van der Waals surface area contributed by atoms with Crippen LogP contribution in [0.1, 0.15) is 22.8 Å². The lowest BCUT2D eigenvalue weighted by molar-refractivity contribution is 0.214. The van der Waals surface area contributed by atoms with Gasteiger partial charge in [-0.15, -0.1) is 0 Å². The fourth-order valence-corrected chi connectivity index (χ4v) is 2.82. The van der Waals surface area contributed by atoms with Crippen LogP contribution >= 0.6 is 27.5 Å². The van der Waals surface area contributed by atoms with Gasteiger partial charge < -0.3 is 14.6 Å². The monoisotopic (exact) mass is 370 g/mol. The highest BCUT2D eigenvalue weighted by molar-refractivity contribution is 9.10. The summed E-state index contributed by atoms with van der Waals surface area (Å²) in [6.45, 7) is 1.99. The maximum Gasteiger partial charge on any atom is 0.147 e. The van der Waals surface area contributed by atoms with E-state index in [0.717, 1.165) is 15.6 Å². The predicted octanol–water partition coefficient (Wildman–Crippen LogP) is 4.51. The van der Waals surface area contributed by atoms with Gasteiger partial charge in [0.2, 0.25) is 0 Å². The molecular formula is C16H16BrClO3. The van der Waals surface area contributed by atoms with Crippen LogP contribution in [-0.4, -0.2) is 19.3 Å². The van der Waals surface area contributed by atoms with Crippen LogP contribution in [0.25, 0.3) is 0 Å². The van der Waals surface area contributed by atoms with Crippen LogP contribution in [-0.2, 0) is 0 Å². The fraction of sp³-hybridized carbons (Fsp3) is 0.250. The van der Waals surface area contributed by atoms with Crippen molar-refractivity contribution in [2.45, 2.75) is 13.0 Å². The van der Waals surface area contributed by atoms with Gasteiger partial charge in [-0.3, -0.25) is 0 Å². The summed E-state index contributed by atoms with van der Waals surface area (Å²) in [5.41, 5.74) is 2.46. The Balaban J connectivity index is 2.50. The first-order chi connectivity index (χ1) is 9.99. The summed E-state index contributed by atoms with van der Waals surface area (Å²) in [5, 5.41) is 11.0. The van der Waals surface area contributed by atoms with E-state index in [1.54, 1.807) is 12.1 Å². The molecule has 2 aromatic carbocycles. The van der Waals surface area contributed by atoms with Crippen LogP contribution in [0.5, 0.6) is 11.5 Å².